The van der Waals surface area contributed by atoms with Gasteiger partial charge in [0, 0.05) is 12.3 Å². The van der Waals surface area contributed by atoms with Gasteiger partial charge >= 0.3 is 18.4 Å². The van der Waals surface area contributed by atoms with E-state index in [0.29, 0.717) is 12.1 Å². The van der Waals surface area contributed by atoms with E-state index in [-0.39, 0.29) is 6.07 Å². The molecule has 0 bridgehead atoms. The number of pyridine rings is 1. The largest absolute Gasteiger partial charge is 0.501 e. The number of alkyl halides is 6. The van der Waals surface area contributed by atoms with Crippen LogP contribution in [0.2, 0.25) is 0 Å². The lowest BCUT2D eigenvalue weighted by atomic mass is 10.1. The smallest absolute Gasteiger partial charge is 0.420 e. The van der Waals surface area contributed by atoms with Crippen molar-refractivity contribution in [3.8, 4) is 17.4 Å². The van der Waals surface area contributed by atoms with Gasteiger partial charge in [-0.25, -0.2) is 9.78 Å². The molecule has 0 saturated carbocycles. The fourth-order valence-electron chi connectivity index (χ4n) is 2.15. The molecule has 0 aliphatic carbocycles. The molecule has 14 heteroatoms. The molecule has 0 fully saturated rings. The summed E-state index contributed by atoms with van der Waals surface area (Å²) < 4.78 is 87.1. The molecule has 168 valence electrons. The first-order chi connectivity index (χ1) is 14.3. The Labute approximate surface area is 169 Å². The second-order valence-electron chi connectivity index (χ2n) is 5.81. The molecule has 4 N–H and O–H groups in total. The highest BCUT2D eigenvalue weighted by Gasteiger charge is 2.37. The third-order valence-electron chi connectivity index (χ3n) is 3.51. The summed E-state index contributed by atoms with van der Waals surface area (Å²) in [6.07, 6.45) is -10.5. The van der Waals surface area contributed by atoms with Crippen LogP contribution in [-0.2, 0) is 23.8 Å². The Bertz CT molecular complexity index is 945. The Balaban J connectivity index is 2.23. The number of benzene rings is 1. The predicted octanol–water partition coefficient (Wildman–Crippen LogP) is 2.98. The first kappa shape index (κ1) is 23.7. The van der Waals surface area contributed by atoms with Gasteiger partial charge in [-0.3, -0.25) is 10.1 Å². The van der Waals surface area contributed by atoms with Gasteiger partial charge < -0.3 is 20.3 Å². The van der Waals surface area contributed by atoms with Crippen LogP contribution in [0, 0.1) is 0 Å². The molecule has 2 aromatic rings. The quantitative estimate of drug-likeness (QED) is 0.595. The first-order valence-electron chi connectivity index (χ1n) is 8.12. The Hall–Kier alpha value is -3.55. The number of rotatable bonds is 5. The number of aromatic nitrogens is 1. The number of carbonyl (C=O) groups is 2. The third kappa shape index (κ3) is 6.47. The molecule has 1 aromatic heterocycles. The number of aromatic hydroxyl groups is 1. The fourth-order valence-corrected chi connectivity index (χ4v) is 2.15. The van der Waals surface area contributed by atoms with E-state index in [1.807, 2.05) is 0 Å². The zero-order valence-electron chi connectivity index (χ0n) is 15.2. The molecule has 0 unspecified atom stereocenters. The molecule has 0 spiro atoms. The lowest BCUT2D eigenvalue weighted by molar-refractivity contribution is -0.143. The summed E-state index contributed by atoms with van der Waals surface area (Å²) in [5, 5.41) is 11.7. The van der Waals surface area contributed by atoms with E-state index in [9.17, 15) is 41.0 Å². The van der Waals surface area contributed by atoms with Gasteiger partial charge in [0.25, 0.3) is 5.88 Å². The molecule has 2 amide bonds. The number of halogens is 6. The van der Waals surface area contributed by atoms with Crippen molar-refractivity contribution in [3.05, 3.63) is 47.2 Å². The van der Waals surface area contributed by atoms with Crippen LogP contribution in [-0.4, -0.2) is 28.6 Å². The van der Waals surface area contributed by atoms with E-state index in [2.05, 4.69) is 9.72 Å². The van der Waals surface area contributed by atoms with Crippen LogP contribution in [0.15, 0.2) is 30.5 Å². The SMILES string of the molecule is NCC(=O)NC(=O)Oc1nccc(OCc2cc(C(F)(F)F)cc(C(F)(F)F)c2)c1O. The second-order valence-corrected chi connectivity index (χ2v) is 5.81. The molecule has 1 aromatic carbocycles. The number of hydrogen-bond donors (Lipinski definition) is 3. The zero-order valence-corrected chi connectivity index (χ0v) is 15.2. The highest BCUT2D eigenvalue weighted by atomic mass is 19.4. The molecule has 0 radical (unpaired) electrons. The van der Waals surface area contributed by atoms with Crippen molar-refractivity contribution in [2.45, 2.75) is 19.0 Å². The molecule has 31 heavy (non-hydrogen) atoms. The summed E-state index contributed by atoms with van der Waals surface area (Å²) in [6, 6.07) is 1.89. The molecule has 0 atom stereocenters. The minimum Gasteiger partial charge on any atom is -0.501 e. The maximum atomic E-state index is 12.9. The molecule has 0 saturated heterocycles. The number of ether oxygens (including phenoxy) is 2. The van der Waals surface area contributed by atoms with Crippen LogP contribution in [0.3, 0.4) is 0 Å². The van der Waals surface area contributed by atoms with Crippen LogP contribution >= 0.6 is 0 Å². The molecule has 0 aliphatic rings. The number of carbonyl (C=O) groups excluding carboxylic acids is 2. The van der Waals surface area contributed by atoms with Crippen molar-refractivity contribution >= 4 is 12.0 Å². The monoisotopic (exact) mass is 453 g/mol. The van der Waals surface area contributed by atoms with E-state index >= 15 is 0 Å². The number of nitrogens with two attached hydrogens (primary N) is 1. The van der Waals surface area contributed by atoms with Gasteiger partial charge in [0.15, 0.2) is 5.75 Å². The topological polar surface area (TPSA) is 124 Å². The summed E-state index contributed by atoms with van der Waals surface area (Å²) in [7, 11) is 0. The van der Waals surface area contributed by atoms with Gasteiger partial charge in [0.05, 0.1) is 17.7 Å². The van der Waals surface area contributed by atoms with Crippen molar-refractivity contribution in [2.75, 3.05) is 6.54 Å². The Morgan fingerprint density at radius 2 is 1.65 bits per heavy atom. The van der Waals surface area contributed by atoms with E-state index in [4.69, 9.17) is 10.5 Å². The first-order valence-corrected chi connectivity index (χ1v) is 8.12. The fraction of sp³-hybridized carbons (Fsp3) is 0.235. The van der Waals surface area contributed by atoms with Crippen molar-refractivity contribution in [2.24, 2.45) is 5.73 Å². The maximum absolute atomic E-state index is 12.9. The lowest BCUT2D eigenvalue weighted by Gasteiger charge is -2.15. The van der Waals surface area contributed by atoms with E-state index in [1.54, 1.807) is 5.32 Å². The van der Waals surface area contributed by atoms with Crippen LogP contribution in [0.5, 0.6) is 17.4 Å². The number of amides is 2. The predicted molar refractivity (Wildman–Crippen MR) is 89.9 cm³/mol. The highest BCUT2D eigenvalue weighted by molar-refractivity contribution is 5.93. The summed E-state index contributed by atoms with van der Waals surface area (Å²) in [6.45, 7) is -1.34. The average Bonchev–Trinajstić information content (AvgIpc) is 2.67. The van der Waals surface area contributed by atoms with Crippen molar-refractivity contribution in [3.63, 3.8) is 0 Å². The van der Waals surface area contributed by atoms with Crippen LogP contribution in [0.25, 0.3) is 0 Å². The van der Waals surface area contributed by atoms with E-state index in [0.717, 1.165) is 12.3 Å². The molecule has 2 rings (SSSR count). The Morgan fingerprint density at radius 1 is 1.06 bits per heavy atom. The minimum atomic E-state index is -5.04. The second kappa shape index (κ2) is 9.07. The van der Waals surface area contributed by atoms with Gasteiger partial charge in [0.1, 0.15) is 6.61 Å². The van der Waals surface area contributed by atoms with Gasteiger partial charge in [-0.1, -0.05) is 0 Å². The highest BCUT2D eigenvalue weighted by Crippen LogP contribution is 2.37. The molecule has 0 aliphatic heterocycles. The van der Waals surface area contributed by atoms with E-state index < -0.39 is 71.6 Å². The van der Waals surface area contributed by atoms with Gasteiger partial charge in [0.2, 0.25) is 11.7 Å². The van der Waals surface area contributed by atoms with Crippen LogP contribution in [0.4, 0.5) is 31.1 Å². The lowest BCUT2D eigenvalue weighted by Crippen LogP contribution is -2.37. The van der Waals surface area contributed by atoms with Crippen molar-refractivity contribution < 1.29 is 50.5 Å². The number of nitrogens with one attached hydrogen (secondary N) is 1. The van der Waals surface area contributed by atoms with Gasteiger partial charge in [-0.05, 0) is 23.8 Å². The third-order valence-corrected chi connectivity index (χ3v) is 3.51. The Morgan fingerprint density at radius 3 is 2.16 bits per heavy atom. The van der Waals surface area contributed by atoms with Crippen molar-refractivity contribution in [1.29, 1.82) is 0 Å². The standard InChI is InChI=1S/C17H13F6N3O5/c18-16(19,20)9-3-8(4-10(5-9)17(21,22)23)7-30-11-1-2-25-14(13(11)28)31-15(29)26-12(27)6-24/h1-5,28H,6-7,24H2,(H,26,27,29). The maximum Gasteiger partial charge on any atom is 0.420 e. The van der Waals surface area contributed by atoms with Crippen molar-refractivity contribution in [1.82, 2.24) is 10.3 Å². The normalized spacial score (nSPS) is 11.7. The molecule has 8 nitrogen and oxygen atoms in total. The summed E-state index contributed by atoms with van der Waals surface area (Å²) >= 11 is 0. The zero-order chi connectivity index (χ0) is 23.4. The van der Waals surface area contributed by atoms with Crippen LogP contribution < -0.4 is 20.5 Å². The summed E-state index contributed by atoms with van der Waals surface area (Å²) in [5.41, 5.74) is 1.42. The molecular weight excluding hydrogens is 440 g/mol. The van der Waals surface area contributed by atoms with Crippen LogP contribution in [0.1, 0.15) is 16.7 Å². The Kier molecular flexibility index (Phi) is 6.95. The van der Waals surface area contributed by atoms with Gasteiger partial charge in [-0.2, -0.15) is 26.3 Å². The molecular formula is C17H13F6N3O5. The van der Waals surface area contributed by atoms with E-state index in [1.165, 1.54) is 0 Å². The minimum absolute atomic E-state index is 0.0411. The van der Waals surface area contributed by atoms with Gasteiger partial charge in [-0.15, -0.1) is 0 Å². The summed E-state index contributed by atoms with van der Waals surface area (Å²) in [5.74, 6) is -2.99. The number of nitrogens with zero attached hydrogens (tertiary/aromatic N) is 1. The number of imide groups is 1. The average molecular weight is 453 g/mol. The molecule has 1 heterocycles. The number of hydrogen-bond acceptors (Lipinski definition) is 7. The summed E-state index contributed by atoms with van der Waals surface area (Å²) in [4.78, 5) is 26.0.